The van der Waals surface area contributed by atoms with Gasteiger partial charge in [-0.3, -0.25) is 4.79 Å². The molecule has 0 aromatic carbocycles. The molecule has 8 heteroatoms. The van der Waals surface area contributed by atoms with E-state index in [1.165, 1.54) is 7.11 Å². The SMILES string of the molecule is COC(C)CCC(=O)NC(CC(F)(F)F)C(=O)O. The Kier molecular flexibility index (Phi) is 6.67. The van der Waals surface area contributed by atoms with Gasteiger partial charge in [-0.15, -0.1) is 0 Å². The second kappa shape index (κ2) is 7.20. The molecule has 2 N–H and O–H groups in total. The monoisotopic (exact) mass is 271 g/mol. The maximum absolute atomic E-state index is 12.1. The normalized spacial score (nSPS) is 14.9. The van der Waals surface area contributed by atoms with Crippen molar-refractivity contribution in [1.29, 1.82) is 0 Å². The van der Waals surface area contributed by atoms with E-state index < -0.39 is 30.5 Å². The number of carboxylic acids is 1. The summed E-state index contributed by atoms with van der Waals surface area (Å²) in [6.45, 7) is 1.69. The summed E-state index contributed by atoms with van der Waals surface area (Å²) in [5.41, 5.74) is 0. The van der Waals surface area contributed by atoms with Gasteiger partial charge in [-0.2, -0.15) is 13.2 Å². The Morgan fingerprint density at radius 1 is 1.39 bits per heavy atom. The molecule has 0 aromatic heterocycles. The first-order valence-corrected chi connectivity index (χ1v) is 5.27. The van der Waals surface area contributed by atoms with Gasteiger partial charge in [-0.25, -0.2) is 4.79 Å². The van der Waals surface area contributed by atoms with Crippen molar-refractivity contribution in [2.24, 2.45) is 0 Å². The summed E-state index contributed by atoms with van der Waals surface area (Å²) in [5, 5.41) is 10.4. The molecule has 2 atom stereocenters. The van der Waals surface area contributed by atoms with Crippen molar-refractivity contribution in [2.45, 2.75) is 44.5 Å². The van der Waals surface area contributed by atoms with Crippen LogP contribution in [0.2, 0.25) is 0 Å². The average Bonchev–Trinajstić information content (AvgIpc) is 2.22. The number of hydrogen-bond acceptors (Lipinski definition) is 3. The van der Waals surface area contributed by atoms with E-state index in [0.29, 0.717) is 6.42 Å². The molecule has 0 aliphatic carbocycles. The number of carbonyl (C=O) groups is 2. The molecule has 0 saturated heterocycles. The van der Waals surface area contributed by atoms with Crippen LogP contribution >= 0.6 is 0 Å². The van der Waals surface area contributed by atoms with Crippen molar-refractivity contribution in [3.05, 3.63) is 0 Å². The number of nitrogens with one attached hydrogen (secondary N) is 1. The van der Waals surface area contributed by atoms with Crippen LogP contribution in [0, 0.1) is 0 Å². The minimum absolute atomic E-state index is 0.0867. The average molecular weight is 271 g/mol. The largest absolute Gasteiger partial charge is 0.480 e. The first-order chi connectivity index (χ1) is 8.15. The second-order valence-electron chi connectivity index (χ2n) is 3.86. The van der Waals surface area contributed by atoms with Crippen LogP contribution in [0.4, 0.5) is 13.2 Å². The summed E-state index contributed by atoms with van der Waals surface area (Å²) in [6.07, 6.45) is -6.23. The van der Waals surface area contributed by atoms with Crippen LogP contribution in [0.25, 0.3) is 0 Å². The fourth-order valence-corrected chi connectivity index (χ4v) is 1.15. The number of rotatable bonds is 7. The van der Waals surface area contributed by atoms with E-state index in [1.54, 1.807) is 6.92 Å². The van der Waals surface area contributed by atoms with Crippen molar-refractivity contribution in [1.82, 2.24) is 5.32 Å². The molecular formula is C10H16F3NO4. The number of halogens is 3. The van der Waals surface area contributed by atoms with Gasteiger partial charge in [0.1, 0.15) is 6.04 Å². The highest BCUT2D eigenvalue weighted by Gasteiger charge is 2.36. The summed E-state index contributed by atoms with van der Waals surface area (Å²) in [6, 6.07) is -1.95. The van der Waals surface area contributed by atoms with Gasteiger partial charge in [0.25, 0.3) is 0 Å². The number of ether oxygens (including phenoxy) is 1. The third-order valence-corrected chi connectivity index (χ3v) is 2.25. The highest BCUT2D eigenvalue weighted by molar-refractivity contribution is 5.83. The molecule has 0 fully saturated rings. The van der Waals surface area contributed by atoms with Crippen LogP contribution in [-0.4, -0.2) is 42.4 Å². The van der Waals surface area contributed by atoms with Crippen LogP contribution in [-0.2, 0) is 14.3 Å². The van der Waals surface area contributed by atoms with Crippen molar-refractivity contribution in [3.8, 4) is 0 Å². The number of carbonyl (C=O) groups excluding carboxylic acids is 1. The van der Waals surface area contributed by atoms with Gasteiger partial charge >= 0.3 is 12.1 Å². The quantitative estimate of drug-likeness (QED) is 0.732. The first kappa shape index (κ1) is 16.7. The first-order valence-electron chi connectivity index (χ1n) is 5.27. The lowest BCUT2D eigenvalue weighted by Gasteiger charge is -2.16. The van der Waals surface area contributed by atoms with E-state index in [9.17, 15) is 22.8 Å². The van der Waals surface area contributed by atoms with Crippen molar-refractivity contribution < 1.29 is 32.6 Å². The zero-order valence-electron chi connectivity index (χ0n) is 10.1. The Balaban J connectivity index is 4.25. The molecule has 0 aliphatic rings. The van der Waals surface area contributed by atoms with Gasteiger partial charge in [-0.05, 0) is 13.3 Å². The van der Waals surface area contributed by atoms with Gasteiger partial charge < -0.3 is 15.2 Å². The zero-order chi connectivity index (χ0) is 14.3. The Morgan fingerprint density at radius 2 is 1.94 bits per heavy atom. The van der Waals surface area contributed by atoms with E-state index in [1.807, 2.05) is 5.32 Å². The molecule has 0 rings (SSSR count). The summed E-state index contributed by atoms with van der Waals surface area (Å²) < 4.78 is 41.0. The summed E-state index contributed by atoms with van der Waals surface area (Å²) in [7, 11) is 1.44. The maximum Gasteiger partial charge on any atom is 0.391 e. The van der Waals surface area contributed by atoms with Crippen LogP contribution in [0.3, 0.4) is 0 Å². The predicted molar refractivity (Wildman–Crippen MR) is 55.9 cm³/mol. The third-order valence-electron chi connectivity index (χ3n) is 2.25. The molecule has 1 amide bonds. The number of alkyl halides is 3. The topological polar surface area (TPSA) is 75.6 Å². The summed E-state index contributed by atoms with van der Waals surface area (Å²) in [5.74, 6) is -2.45. The highest BCUT2D eigenvalue weighted by atomic mass is 19.4. The minimum atomic E-state index is -4.64. The van der Waals surface area contributed by atoms with E-state index in [4.69, 9.17) is 9.84 Å². The third kappa shape index (κ3) is 7.88. The number of hydrogen-bond donors (Lipinski definition) is 2. The van der Waals surface area contributed by atoms with Gasteiger partial charge in [0.15, 0.2) is 0 Å². The molecule has 0 spiro atoms. The van der Waals surface area contributed by atoms with Crippen LogP contribution in [0.5, 0.6) is 0 Å². The predicted octanol–water partition coefficient (Wildman–Crippen LogP) is 1.32. The standard InChI is InChI=1S/C10H16F3NO4/c1-6(18-2)3-4-8(15)14-7(9(16)17)5-10(11,12)13/h6-7H,3-5H2,1-2H3,(H,14,15)(H,16,17). The molecule has 0 aliphatic heterocycles. The lowest BCUT2D eigenvalue weighted by atomic mass is 10.1. The van der Waals surface area contributed by atoms with E-state index in [0.717, 1.165) is 0 Å². The number of amides is 1. The zero-order valence-corrected chi connectivity index (χ0v) is 10.1. The van der Waals surface area contributed by atoms with Crippen LogP contribution in [0.15, 0.2) is 0 Å². The van der Waals surface area contributed by atoms with Gasteiger partial charge in [0.05, 0.1) is 12.5 Å². The fourth-order valence-electron chi connectivity index (χ4n) is 1.15. The Bertz CT molecular complexity index is 293. The molecule has 0 radical (unpaired) electrons. The van der Waals surface area contributed by atoms with E-state index >= 15 is 0 Å². The number of carboxylic acid groups (broad SMARTS) is 1. The number of aliphatic carboxylic acids is 1. The van der Waals surface area contributed by atoms with Crippen molar-refractivity contribution >= 4 is 11.9 Å². The maximum atomic E-state index is 12.1. The van der Waals surface area contributed by atoms with Crippen molar-refractivity contribution in [3.63, 3.8) is 0 Å². The molecule has 0 aromatic rings. The highest BCUT2D eigenvalue weighted by Crippen LogP contribution is 2.21. The Hall–Kier alpha value is -1.31. The van der Waals surface area contributed by atoms with E-state index in [2.05, 4.69) is 0 Å². The summed E-state index contributed by atoms with van der Waals surface area (Å²) >= 11 is 0. The van der Waals surface area contributed by atoms with Gasteiger partial charge in [-0.1, -0.05) is 0 Å². The molecule has 0 bridgehead atoms. The van der Waals surface area contributed by atoms with E-state index in [-0.39, 0.29) is 12.5 Å². The second-order valence-corrected chi connectivity index (χ2v) is 3.86. The molecule has 18 heavy (non-hydrogen) atoms. The van der Waals surface area contributed by atoms with Crippen molar-refractivity contribution in [2.75, 3.05) is 7.11 Å². The molecular weight excluding hydrogens is 255 g/mol. The minimum Gasteiger partial charge on any atom is -0.480 e. The smallest absolute Gasteiger partial charge is 0.391 e. The van der Waals surface area contributed by atoms with Gasteiger partial charge in [0, 0.05) is 13.5 Å². The van der Waals surface area contributed by atoms with Gasteiger partial charge in [0.2, 0.25) is 5.91 Å². The fraction of sp³-hybridized carbons (Fsp3) is 0.800. The summed E-state index contributed by atoms with van der Waals surface area (Å²) in [4.78, 5) is 21.8. The molecule has 2 unspecified atom stereocenters. The molecule has 0 saturated carbocycles. The number of methoxy groups -OCH3 is 1. The van der Waals surface area contributed by atoms with Crippen LogP contribution < -0.4 is 5.32 Å². The lowest BCUT2D eigenvalue weighted by molar-refractivity contribution is -0.160. The molecule has 106 valence electrons. The molecule has 0 heterocycles. The molecule has 5 nitrogen and oxygen atoms in total. The Morgan fingerprint density at radius 3 is 2.33 bits per heavy atom. The van der Waals surface area contributed by atoms with Crippen LogP contribution in [0.1, 0.15) is 26.2 Å². The lowest BCUT2D eigenvalue weighted by Crippen LogP contribution is -2.43. The Labute approximate surface area is 102 Å².